The number of hydrogen-bond donors (Lipinski definition) is 2. The fourth-order valence-corrected chi connectivity index (χ4v) is 4.97. The van der Waals surface area contributed by atoms with Crippen molar-refractivity contribution >= 4 is 57.0 Å². The normalized spacial score (nSPS) is 19.7. The van der Waals surface area contributed by atoms with E-state index in [-0.39, 0.29) is 36.5 Å². The second-order valence-corrected chi connectivity index (χ2v) is 9.09. The summed E-state index contributed by atoms with van der Waals surface area (Å²) in [5, 5.41) is 10.9. The first-order valence-corrected chi connectivity index (χ1v) is 10.5. The van der Waals surface area contributed by atoms with E-state index < -0.39 is 0 Å². The zero-order valence-corrected chi connectivity index (χ0v) is 17.5. The van der Waals surface area contributed by atoms with Crippen LogP contribution in [0.2, 0.25) is 4.34 Å². The van der Waals surface area contributed by atoms with Crippen molar-refractivity contribution in [2.75, 3.05) is 13.1 Å². The first-order chi connectivity index (χ1) is 13.1. The summed E-state index contributed by atoms with van der Waals surface area (Å²) in [6.07, 6.45) is 4.11. The minimum absolute atomic E-state index is 0. The molecule has 0 spiro atoms. The smallest absolute Gasteiger partial charge is 0.291 e. The largest absolute Gasteiger partial charge is 0.350 e. The molecule has 0 radical (unpaired) electrons. The predicted molar refractivity (Wildman–Crippen MR) is 113 cm³/mol. The molecule has 0 unspecified atom stereocenters. The SMILES string of the molecule is Cl.O=C(Cn1nc(C2CC2)n2c(cc3sc(Cl)cc32)c1=O)N[C@@H]1CCCNC1. The fourth-order valence-electron chi connectivity index (χ4n) is 3.81. The monoisotopic (exact) mass is 441 g/mol. The molecule has 4 heterocycles. The van der Waals surface area contributed by atoms with Crippen molar-refractivity contribution < 1.29 is 4.79 Å². The van der Waals surface area contributed by atoms with E-state index in [1.54, 1.807) is 0 Å². The van der Waals surface area contributed by atoms with Crippen LogP contribution in [0, 0.1) is 0 Å². The second-order valence-electron chi connectivity index (χ2n) is 7.37. The highest BCUT2D eigenvalue weighted by atomic mass is 35.5. The van der Waals surface area contributed by atoms with Crippen molar-refractivity contribution in [3.63, 3.8) is 0 Å². The van der Waals surface area contributed by atoms with Crippen molar-refractivity contribution in [3.8, 4) is 0 Å². The molecular formula is C18H21Cl2N5O2S. The number of aromatic nitrogens is 3. The molecule has 3 aromatic rings. The third kappa shape index (κ3) is 3.54. The van der Waals surface area contributed by atoms with Gasteiger partial charge in [-0.3, -0.25) is 14.0 Å². The minimum Gasteiger partial charge on any atom is -0.350 e. The van der Waals surface area contributed by atoms with Crippen molar-refractivity contribution in [2.45, 2.75) is 44.2 Å². The first kappa shape index (κ1) is 19.7. The zero-order chi connectivity index (χ0) is 18.5. The number of thiophene rings is 1. The molecule has 1 saturated heterocycles. The number of fused-ring (bicyclic) bond motifs is 3. The number of hydrogen-bond acceptors (Lipinski definition) is 5. The van der Waals surface area contributed by atoms with Crippen LogP contribution in [-0.4, -0.2) is 39.2 Å². The Balaban J connectivity index is 0.00000192. The molecule has 0 aromatic carbocycles. The van der Waals surface area contributed by atoms with E-state index >= 15 is 0 Å². The van der Waals surface area contributed by atoms with Gasteiger partial charge in [0.15, 0.2) is 0 Å². The van der Waals surface area contributed by atoms with E-state index in [0.29, 0.717) is 15.8 Å². The van der Waals surface area contributed by atoms with Gasteiger partial charge in [0.25, 0.3) is 5.56 Å². The van der Waals surface area contributed by atoms with Crippen LogP contribution in [0.15, 0.2) is 16.9 Å². The van der Waals surface area contributed by atoms with Gasteiger partial charge in [0.1, 0.15) is 17.9 Å². The lowest BCUT2D eigenvalue weighted by Gasteiger charge is -2.23. The predicted octanol–water partition coefficient (Wildman–Crippen LogP) is 2.53. The van der Waals surface area contributed by atoms with Crippen LogP contribution in [0.1, 0.15) is 37.4 Å². The highest BCUT2D eigenvalue weighted by Gasteiger charge is 2.30. The van der Waals surface area contributed by atoms with Gasteiger partial charge in [-0.15, -0.1) is 23.7 Å². The van der Waals surface area contributed by atoms with E-state index in [1.165, 1.54) is 16.0 Å². The molecular weight excluding hydrogens is 421 g/mol. The number of carbonyl (C=O) groups excluding carboxylic acids is 1. The summed E-state index contributed by atoms with van der Waals surface area (Å²) in [4.78, 5) is 25.4. The van der Waals surface area contributed by atoms with Crippen molar-refractivity contribution in [3.05, 3.63) is 32.6 Å². The summed E-state index contributed by atoms with van der Waals surface area (Å²) >= 11 is 7.60. The Morgan fingerprint density at radius 1 is 1.32 bits per heavy atom. The molecule has 2 fully saturated rings. The third-order valence-corrected chi connectivity index (χ3v) is 6.46. The van der Waals surface area contributed by atoms with Gasteiger partial charge >= 0.3 is 0 Å². The average Bonchev–Trinajstić information content (AvgIpc) is 3.34. The molecule has 1 aliphatic carbocycles. The van der Waals surface area contributed by atoms with Crippen LogP contribution in [0.3, 0.4) is 0 Å². The summed E-state index contributed by atoms with van der Waals surface area (Å²) in [7, 11) is 0. The maximum atomic E-state index is 13.0. The average molecular weight is 442 g/mol. The lowest BCUT2D eigenvalue weighted by molar-refractivity contribution is -0.122. The van der Waals surface area contributed by atoms with E-state index in [0.717, 1.165) is 54.8 Å². The standard InChI is InChI=1S/C18H20ClN5O2S.ClH/c19-15-7-12-14(27-15)6-13-18(26)23(22-17(24(12)13)10-3-4-10)9-16(25)21-11-2-1-5-20-8-11;/h6-7,10-11,20H,1-5,8-9H2,(H,21,25);1H/t11-;/m1./s1. The molecule has 5 rings (SSSR count). The van der Waals surface area contributed by atoms with Gasteiger partial charge < -0.3 is 10.6 Å². The third-order valence-electron chi connectivity index (χ3n) is 5.26. The van der Waals surface area contributed by atoms with Gasteiger partial charge in [0.05, 0.1) is 14.6 Å². The van der Waals surface area contributed by atoms with E-state index in [9.17, 15) is 9.59 Å². The Bertz CT molecular complexity index is 1090. The summed E-state index contributed by atoms with van der Waals surface area (Å²) in [6, 6.07) is 3.87. The van der Waals surface area contributed by atoms with Gasteiger partial charge in [0, 0.05) is 18.5 Å². The number of rotatable bonds is 4. The first-order valence-electron chi connectivity index (χ1n) is 9.32. The number of amides is 1. The van der Waals surface area contributed by atoms with Crippen LogP contribution >= 0.6 is 35.3 Å². The molecule has 150 valence electrons. The van der Waals surface area contributed by atoms with Gasteiger partial charge in [-0.2, -0.15) is 5.10 Å². The topological polar surface area (TPSA) is 80.4 Å². The molecule has 0 bridgehead atoms. The van der Waals surface area contributed by atoms with Crippen LogP contribution < -0.4 is 16.2 Å². The van der Waals surface area contributed by atoms with Crippen LogP contribution in [0.25, 0.3) is 15.7 Å². The number of piperidine rings is 1. The summed E-state index contributed by atoms with van der Waals surface area (Å²) in [5.74, 6) is 1.02. The van der Waals surface area contributed by atoms with Crippen molar-refractivity contribution in [1.82, 2.24) is 24.8 Å². The molecule has 1 aliphatic heterocycles. The molecule has 2 aliphatic rings. The Kier molecular flexibility index (Phi) is 5.39. The lowest BCUT2D eigenvalue weighted by Crippen LogP contribution is -2.47. The highest BCUT2D eigenvalue weighted by molar-refractivity contribution is 7.22. The Morgan fingerprint density at radius 2 is 2.14 bits per heavy atom. The highest BCUT2D eigenvalue weighted by Crippen LogP contribution is 2.41. The van der Waals surface area contributed by atoms with E-state index in [4.69, 9.17) is 11.6 Å². The Hall–Kier alpha value is -1.61. The van der Waals surface area contributed by atoms with Gasteiger partial charge in [-0.1, -0.05) is 11.6 Å². The van der Waals surface area contributed by atoms with Crippen molar-refractivity contribution in [2.24, 2.45) is 0 Å². The Morgan fingerprint density at radius 3 is 2.86 bits per heavy atom. The molecule has 3 aromatic heterocycles. The molecule has 7 nitrogen and oxygen atoms in total. The number of nitrogens with one attached hydrogen (secondary N) is 2. The van der Waals surface area contributed by atoms with Gasteiger partial charge in [-0.05, 0) is 44.4 Å². The molecule has 2 N–H and O–H groups in total. The summed E-state index contributed by atoms with van der Waals surface area (Å²) in [6.45, 7) is 1.71. The molecule has 1 saturated carbocycles. The molecule has 1 amide bonds. The maximum absolute atomic E-state index is 13.0. The van der Waals surface area contributed by atoms with Crippen molar-refractivity contribution in [1.29, 1.82) is 0 Å². The van der Waals surface area contributed by atoms with Crippen LogP contribution in [0.4, 0.5) is 0 Å². The van der Waals surface area contributed by atoms with E-state index in [1.807, 2.05) is 16.5 Å². The van der Waals surface area contributed by atoms with E-state index in [2.05, 4.69) is 15.7 Å². The lowest BCUT2D eigenvalue weighted by atomic mass is 10.1. The summed E-state index contributed by atoms with van der Waals surface area (Å²) < 4.78 is 4.91. The Labute approximate surface area is 176 Å². The van der Waals surface area contributed by atoms with Gasteiger partial charge in [-0.25, -0.2) is 4.68 Å². The second kappa shape index (κ2) is 7.67. The quantitative estimate of drug-likeness (QED) is 0.651. The number of nitrogens with zero attached hydrogens (tertiary/aromatic N) is 3. The molecule has 10 heteroatoms. The van der Waals surface area contributed by atoms with Crippen LogP contribution in [-0.2, 0) is 11.3 Å². The summed E-state index contributed by atoms with van der Waals surface area (Å²) in [5.41, 5.74) is 1.25. The number of carbonyl (C=O) groups is 1. The zero-order valence-electron chi connectivity index (χ0n) is 15.1. The molecule has 1 atom stereocenters. The number of halogens is 2. The van der Waals surface area contributed by atoms with Gasteiger partial charge in [0.2, 0.25) is 5.91 Å². The molecule has 28 heavy (non-hydrogen) atoms. The van der Waals surface area contributed by atoms with Crippen LogP contribution in [0.5, 0.6) is 0 Å². The fraction of sp³-hybridized carbons (Fsp3) is 0.500. The minimum atomic E-state index is -0.240. The maximum Gasteiger partial charge on any atom is 0.291 e.